The molecular weight excluding hydrogens is 493 g/mol. The minimum Gasteiger partial charge on any atom is -0.495 e. The average molecular weight is 518 g/mol. The molecule has 3 heterocycles. The number of benzene rings is 2. The molecule has 13 heteroatoms. The van der Waals surface area contributed by atoms with Crippen LogP contribution >= 0.6 is 0 Å². The van der Waals surface area contributed by atoms with Gasteiger partial charge in [0.25, 0.3) is 10.0 Å². The fourth-order valence-electron chi connectivity index (χ4n) is 4.21. The zero-order valence-electron chi connectivity index (χ0n) is 19.8. The second-order valence-corrected chi connectivity index (χ2v) is 9.78. The normalized spacial score (nSPS) is 13.7. The predicted molar refractivity (Wildman–Crippen MR) is 129 cm³/mol. The van der Waals surface area contributed by atoms with Gasteiger partial charge >= 0.3 is 0 Å². The molecule has 11 nitrogen and oxygen atoms in total. The number of ether oxygens (including phenoxy) is 3. The molecular formula is C23H24FN5O6S. The first-order valence-corrected chi connectivity index (χ1v) is 12.5. The van der Waals surface area contributed by atoms with E-state index in [1.54, 1.807) is 30.6 Å². The molecule has 190 valence electrons. The van der Waals surface area contributed by atoms with Gasteiger partial charge in [0.2, 0.25) is 0 Å². The molecule has 1 aliphatic heterocycles. The minimum atomic E-state index is -4.33. The second kappa shape index (κ2) is 9.22. The van der Waals surface area contributed by atoms with Crippen LogP contribution in [0.1, 0.15) is 12.0 Å². The summed E-state index contributed by atoms with van der Waals surface area (Å²) < 4.78 is 68.5. The first-order valence-electron chi connectivity index (χ1n) is 11.0. The molecule has 0 aliphatic carbocycles. The van der Waals surface area contributed by atoms with Crippen molar-refractivity contribution in [1.29, 1.82) is 0 Å². The van der Waals surface area contributed by atoms with Gasteiger partial charge in [-0.15, -0.1) is 0 Å². The lowest BCUT2D eigenvalue weighted by Crippen LogP contribution is -2.19. The first-order chi connectivity index (χ1) is 17.3. The van der Waals surface area contributed by atoms with Crippen LogP contribution in [0.5, 0.6) is 17.2 Å². The summed E-state index contributed by atoms with van der Waals surface area (Å²) in [5.41, 5.74) is 0.980. The highest BCUT2D eigenvalue weighted by molar-refractivity contribution is 7.93. The molecule has 0 amide bonds. The number of halogens is 1. The molecule has 0 atom stereocenters. The van der Waals surface area contributed by atoms with E-state index < -0.39 is 15.8 Å². The molecule has 2 aromatic carbocycles. The van der Waals surface area contributed by atoms with Gasteiger partial charge in [0.1, 0.15) is 11.1 Å². The van der Waals surface area contributed by atoms with Crippen molar-refractivity contribution < 1.29 is 31.5 Å². The van der Waals surface area contributed by atoms with E-state index in [4.69, 9.17) is 18.7 Å². The Hall–Kier alpha value is -4.00. The quantitative estimate of drug-likeness (QED) is 0.394. The van der Waals surface area contributed by atoms with Crippen LogP contribution in [0.15, 0.2) is 46.1 Å². The molecule has 36 heavy (non-hydrogen) atoms. The predicted octanol–water partition coefficient (Wildman–Crippen LogP) is 3.25. The van der Waals surface area contributed by atoms with Crippen LogP contribution in [0.3, 0.4) is 0 Å². The molecule has 1 aliphatic rings. The summed E-state index contributed by atoms with van der Waals surface area (Å²) in [7, 11) is 0.171. The number of hydrogen-bond acceptors (Lipinski definition) is 9. The topological polar surface area (TPSA) is 121 Å². The van der Waals surface area contributed by atoms with E-state index >= 15 is 4.39 Å². The first kappa shape index (κ1) is 23.7. The Balaban J connectivity index is 1.60. The van der Waals surface area contributed by atoms with Crippen LogP contribution in [-0.2, 0) is 16.6 Å². The maximum Gasteiger partial charge on any atom is 0.270 e. The Morgan fingerprint density at radius 3 is 2.81 bits per heavy atom. The Morgan fingerprint density at radius 1 is 1.25 bits per heavy atom. The van der Waals surface area contributed by atoms with E-state index in [9.17, 15) is 8.42 Å². The van der Waals surface area contributed by atoms with Crippen LogP contribution in [-0.4, -0.2) is 57.8 Å². The second-order valence-electron chi connectivity index (χ2n) is 8.17. The van der Waals surface area contributed by atoms with E-state index in [1.807, 2.05) is 11.9 Å². The van der Waals surface area contributed by atoms with Gasteiger partial charge in [0, 0.05) is 31.5 Å². The van der Waals surface area contributed by atoms with E-state index in [0.29, 0.717) is 25.3 Å². The fourth-order valence-corrected chi connectivity index (χ4v) is 5.53. The molecule has 0 bridgehead atoms. The van der Waals surface area contributed by atoms with Gasteiger partial charge in [-0.25, -0.2) is 12.8 Å². The van der Waals surface area contributed by atoms with Gasteiger partial charge in [-0.1, -0.05) is 5.16 Å². The maximum atomic E-state index is 15.4. The molecule has 0 saturated carbocycles. The molecule has 0 saturated heterocycles. The van der Waals surface area contributed by atoms with Crippen molar-refractivity contribution in [2.45, 2.75) is 17.9 Å². The number of anilines is 2. The minimum absolute atomic E-state index is 0.0433. The van der Waals surface area contributed by atoms with Crippen LogP contribution < -0.4 is 23.8 Å². The number of aromatic nitrogens is 3. The zero-order chi connectivity index (χ0) is 25.4. The summed E-state index contributed by atoms with van der Waals surface area (Å²) in [6, 6.07) is 6.45. The molecule has 4 aromatic rings. The third kappa shape index (κ3) is 4.04. The number of methoxy groups -OCH3 is 2. The highest BCUT2D eigenvalue weighted by Gasteiger charge is 2.32. The van der Waals surface area contributed by atoms with Crippen molar-refractivity contribution in [3.8, 4) is 17.2 Å². The summed E-state index contributed by atoms with van der Waals surface area (Å²) >= 11 is 0. The SMILES string of the molecule is COc1ccc2c(c1S(=O)(=O)Nc1noc3cc(Cn4cccn4)c(F)c(OC)c13)OCCCN2C. The van der Waals surface area contributed by atoms with Gasteiger partial charge in [-0.05, 0) is 30.7 Å². The summed E-state index contributed by atoms with van der Waals surface area (Å²) in [6.45, 7) is 1.14. The van der Waals surface area contributed by atoms with Crippen molar-refractivity contribution in [3.63, 3.8) is 0 Å². The summed E-state index contributed by atoms with van der Waals surface area (Å²) in [5.74, 6) is -0.866. The number of hydrogen-bond donors (Lipinski definition) is 1. The summed E-state index contributed by atoms with van der Waals surface area (Å²) in [5, 5.41) is 7.99. The lowest BCUT2D eigenvalue weighted by molar-refractivity contribution is 0.309. The third-order valence-electron chi connectivity index (χ3n) is 5.90. The Bertz CT molecular complexity index is 1520. The van der Waals surface area contributed by atoms with E-state index in [2.05, 4.69) is 15.0 Å². The highest BCUT2D eigenvalue weighted by Crippen LogP contribution is 2.44. The molecule has 0 fully saturated rings. The molecule has 0 unspecified atom stereocenters. The van der Waals surface area contributed by atoms with Gasteiger partial charge in [-0.3, -0.25) is 9.40 Å². The Labute approximate surface area is 206 Å². The molecule has 1 N–H and O–H groups in total. The molecule has 0 spiro atoms. The zero-order valence-corrected chi connectivity index (χ0v) is 20.6. The van der Waals surface area contributed by atoms with Crippen molar-refractivity contribution in [2.75, 3.05) is 44.0 Å². The Kier molecular flexibility index (Phi) is 6.08. The van der Waals surface area contributed by atoms with E-state index in [0.717, 1.165) is 0 Å². The summed E-state index contributed by atoms with van der Waals surface area (Å²) in [4.78, 5) is 1.72. The third-order valence-corrected chi connectivity index (χ3v) is 7.28. The maximum absolute atomic E-state index is 15.4. The standard InChI is InChI=1S/C23H24FN5O6S/c1-28-9-5-11-34-20-15(28)6-7-16(32-2)22(20)36(30,31)27-23-18-17(35-26-23)12-14(19(24)21(18)33-3)13-29-10-4-8-25-29/h4,6-8,10,12H,5,9,11,13H2,1-3H3,(H,26,27). The van der Waals surface area contributed by atoms with Gasteiger partial charge in [0.05, 0.1) is 33.1 Å². The van der Waals surface area contributed by atoms with Crippen molar-refractivity contribution in [3.05, 3.63) is 48.0 Å². The monoisotopic (exact) mass is 517 g/mol. The molecule has 5 rings (SSSR count). The van der Waals surface area contributed by atoms with Gasteiger partial charge in [0.15, 0.2) is 33.6 Å². The van der Waals surface area contributed by atoms with E-state index in [-0.39, 0.29) is 51.0 Å². The fraction of sp³-hybridized carbons (Fsp3) is 0.304. The number of sulfonamides is 1. The molecule has 2 aromatic heterocycles. The van der Waals surface area contributed by atoms with Crippen molar-refractivity contribution in [1.82, 2.24) is 14.9 Å². The van der Waals surface area contributed by atoms with Crippen LogP contribution in [0.2, 0.25) is 0 Å². The average Bonchev–Trinajstić information content (AvgIpc) is 3.47. The number of nitrogens with zero attached hydrogens (tertiary/aromatic N) is 4. The largest absolute Gasteiger partial charge is 0.495 e. The van der Waals surface area contributed by atoms with Crippen molar-refractivity contribution in [2.24, 2.45) is 0 Å². The van der Waals surface area contributed by atoms with Crippen LogP contribution in [0.25, 0.3) is 11.0 Å². The van der Waals surface area contributed by atoms with Crippen molar-refractivity contribution >= 4 is 32.5 Å². The summed E-state index contributed by atoms with van der Waals surface area (Å²) in [6.07, 6.45) is 3.98. The van der Waals surface area contributed by atoms with E-state index in [1.165, 1.54) is 25.0 Å². The smallest absolute Gasteiger partial charge is 0.270 e. The lowest BCUT2D eigenvalue weighted by Gasteiger charge is -2.21. The van der Waals surface area contributed by atoms with Gasteiger partial charge < -0.3 is 23.6 Å². The van der Waals surface area contributed by atoms with Crippen LogP contribution in [0.4, 0.5) is 15.9 Å². The van der Waals surface area contributed by atoms with Gasteiger partial charge in [-0.2, -0.15) is 5.10 Å². The number of nitrogens with one attached hydrogen (secondary N) is 1. The highest BCUT2D eigenvalue weighted by atomic mass is 32.2. The van der Waals surface area contributed by atoms with Crippen LogP contribution in [0, 0.1) is 5.82 Å². The molecule has 0 radical (unpaired) electrons. The number of rotatable bonds is 7. The number of fused-ring (bicyclic) bond motifs is 2. The lowest BCUT2D eigenvalue weighted by atomic mass is 10.1. The Morgan fingerprint density at radius 2 is 2.08 bits per heavy atom.